The van der Waals surface area contributed by atoms with Crippen LogP contribution in [0.25, 0.3) is 5.69 Å². The van der Waals surface area contributed by atoms with E-state index in [1.807, 2.05) is 42.5 Å². The maximum Gasteiger partial charge on any atom is 0.227 e. The van der Waals surface area contributed by atoms with Crippen LogP contribution in [0.4, 0.5) is 5.69 Å². The molecule has 7 nitrogen and oxygen atoms in total. The van der Waals surface area contributed by atoms with Gasteiger partial charge in [0, 0.05) is 24.2 Å². The highest BCUT2D eigenvalue weighted by atomic mass is 32.2. The lowest BCUT2D eigenvalue weighted by atomic mass is 10.1. The van der Waals surface area contributed by atoms with E-state index >= 15 is 0 Å². The summed E-state index contributed by atoms with van der Waals surface area (Å²) in [4.78, 5) is 26.1. The van der Waals surface area contributed by atoms with Gasteiger partial charge in [0.25, 0.3) is 0 Å². The zero-order chi connectivity index (χ0) is 18.6. The SMILES string of the molecule is O=C(CSc1nnnn1-c1ccccc1)c1ccc(N2CCCC2=O)cc1. The van der Waals surface area contributed by atoms with E-state index in [-0.39, 0.29) is 17.4 Å². The number of benzene rings is 2. The van der Waals surface area contributed by atoms with E-state index in [1.54, 1.807) is 21.7 Å². The van der Waals surface area contributed by atoms with Crippen LogP contribution in [0.15, 0.2) is 59.8 Å². The molecule has 0 aliphatic carbocycles. The quantitative estimate of drug-likeness (QED) is 0.484. The van der Waals surface area contributed by atoms with Gasteiger partial charge in [0.15, 0.2) is 5.78 Å². The summed E-state index contributed by atoms with van der Waals surface area (Å²) in [6.07, 6.45) is 1.47. The number of carbonyl (C=O) groups is 2. The topological polar surface area (TPSA) is 81.0 Å². The Morgan fingerprint density at radius 2 is 1.81 bits per heavy atom. The van der Waals surface area contributed by atoms with E-state index in [9.17, 15) is 9.59 Å². The number of anilines is 1. The van der Waals surface area contributed by atoms with Crippen LogP contribution in [0.5, 0.6) is 0 Å². The van der Waals surface area contributed by atoms with E-state index in [2.05, 4.69) is 15.5 Å². The molecule has 0 bridgehead atoms. The molecule has 4 rings (SSSR count). The number of ketones is 1. The first-order valence-corrected chi connectivity index (χ1v) is 9.61. The molecule has 0 saturated carbocycles. The first-order valence-electron chi connectivity index (χ1n) is 8.62. The fraction of sp³-hybridized carbons (Fsp3) is 0.211. The van der Waals surface area contributed by atoms with Crippen LogP contribution in [0.1, 0.15) is 23.2 Å². The number of rotatable bonds is 6. The molecular formula is C19H17N5O2S. The molecule has 1 aromatic heterocycles. The van der Waals surface area contributed by atoms with Gasteiger partial charge in [-0.25, -0.2) is 0 Å². The van der Waals surface area contributed by atoms with Gasteiger partial charge >= 0.3 is 0 Å². The number of Topliss-reactive ketones (excluding diaryl/α,β-unsaturated/α-hetero) is 1. The summed E-state index contributed by atoms with van der Waals surface area (Å²) in [5.41, 5.74) is 2.29. The van der Waals surface area contributed by atoms with E-state index in [4.69, 9.17) is 0 Å². The van der Waals surface area contributed by atoms with Gasteiger partial charge in [-0.1, -0.05) is 30.0 Å². The number of thioether (sulfide) groups is 1. The molecular weight excluding hydrogens is 362 g/mol. The molecule has 27 heavy (non-hydrogen) atoms. The molecule has 2 heterocycles. The van der Waals surface area contributed by atoms with Crippen molar-refractivity contribution in [1.82, 2.24) is 20.2 Å². The predicted octanol–water partition coefficient (Wildman–Crippen LogP) is 2.76. The molecule has 1 amide bonds. The Morgan fingerprint density at radius 3 is 2.52 bits per heavy atom. The maximum atomic E-state index is 12.5. The van der Waals surface area contributed by atoms with E-state index in [0.717, 1.165) is 24.3 Å². The van der Waals surface area contributed by atoms with Crippen molar-refractivity contribution in [3.8, 4) is 5.69 Å². The standard InChI is InChI=1S/C19H17N5O2S/c25-17(14-8-10-15(11-9-14)23-12-4-7-18(23)26)13-27-19-20-21-22-24(19)16-5-2-1-3-6-16/h1-3,5-6,8-11H,4,7,12-13H2. The van der Waals surface area contributed by atoms with E-state index in [0.29, 0.717) is 17.1 Å². The fourth-order valence-electron chi connectivity index (χ4n) is 2.96. The second-order valence-electron chi connectivity index (χ2n) is 6.12. The van der Waals surface area contributed by atoms with Gasteiger partial charge in [0.1, 0.15) is 0 Å². The Balaban J connectivity index is 1.42. The van der Waals surface area contributed by atoms with Crippen LogP contribution in [0.2, 0.25) is 0 Å². The zero-order valence-electron chi connectivity index (χ0n) is 14.5. The van der Waals surface area contributed by atoms with Gasteiger partial charge < -0.3 is 4.90 Å². The summed E-state index contributed by atoms with van der Waals surface area (Å²) in [5.74, 6) is 0.356. The second-order valence-corrected chi connectivity index (χ2v) is 7.06. The first-order chi connectivity index (χ1) is 13.2. The zero-order valence-corrected chi connectivity index (χ0v) is 15.3. The first kappa shape index (κ1) is 17.4. The minimum absolute atomic E-state index is 0.0121. The number of aromatic nitrogens is 4. The third kappa shape index (κ3) is 3.75. The van der Waals surface area contributed by atoms with Crippen LogP contribution in [0.3, 0.4) is 0 Å². The number of amides is 1. The molecule has 0 spiro atoms. The molecule has 0 radical (unpaired) electrons. The smallest absolute Gasteiger partial charge is 0.227 e. The number of hydrogen-bond donors (Lipinski definition) is 0. The number of hydrogen-bond acceptors (Lipinski definition) is 6. The summed E-state index contributed by atoms with van der Waals surface area (Å²) in [6, 6.07) is 16.7. The van der Waals surface area contributed by atoms with Crippen LogP contribution < -0.4 is 4.90 Å². The molecule has 8 heteroatoms. The van der Waals surface area contributed by atoms with Crippen LogP contribution >= 0.6 is 11.8 Å². The third-order valence-electron chi connectivity index (χ3n) is 4.35. The van der Waals surface area contributed by atoms with Gasteiger partial charge in [0.2, 0.25) is 11.1 Å². The van der Waals surface area contributed by atoms with Gasteiger partial charge in [-0.05, 0) is 53.2 Å². The predicted molar refractivity (Wildman–Crippen MR) is 102 cm³/mol. The minimum atomic E-state index is -0.0121. The highest BCUT2D eigenvalue weighted by molar-refractivity contribution is 7.99. The lowest BCUT2D eigenvalue weighted by Gasteiger charge is -2.15. The van der Waals surface area contributed by atoms with E-state index in [1.165, 1.54) is 11.8 Å². The van der Waals surface area contributed by atoms with Crippen molar-refractivity contribution in [2.75, 3.05) is 17.2 Å². The molecule has 1 aliphatic heterocycles. The van der Waals surface area contributed by atoms with Crippen molar-refractivity contribution in [1.29, 1.82) is 0 Å². The molecule has 1 saturated heterocycles. The summed E-state index contributed by atoms with van der Waals surface area (Å²) in [6.45, 7) is 0.740. The highest BCUT2D eigenvalue weighted by Gasteiger charge is 2.21. The van der Waals surface area contributed by atoms with Gasteiger partial charge in [-0.15, -0.1) is 5.10 Å². The molecule has 1 fully saturated rings. The lowest BCUT2D eigenvalue weighted by Crippen LogP contribution is -2.23. The fourth-order valence-corrected chi connectivity index (χ4v) is 3.75. The van der Waals surface area contributed by atoms with E-state index < -0.39 is 0 Å². The van der Waals surface area contributed by atoms with Gasteiger partial charge in [-0.3, -0.25) is 9.59 Å². The van der Waals surface area contributed by atoms with Crippen molar-refractivity contribution >= 4 is 29.1 Å². The van der Waals surface area contributed by atoms with Crippen LogP contribution in [-0.4, -0.2) is 44.2 Å². The number of tetrazole rings is 1. The van der Waals surface area contributed by atoms with Gasteiger partial charge in [-0.2, -0.15) is 4.68 Å². The summed E-state index contributed by atoms with van der Waals surface area (Å²) in [7, 11) is 0. The normalized spacial score (nSPS) is 13.9. The van der Waals surface area contributed by atoms with Crippen LogP contribution in [-0.2, 0) is 4.79 Å². The molecule has 2 aromatic carbocycles. The minimum Gasteiger partial charge on any atom is -0.312 e. The molecule has 136 valence electrons. The number of carbonyl (C=O) groups excluding carboxylic acids is 2. The summed E-state index contributed by atoms with van der Waals surface area (Å²) in [5, 5.41) is 12.3. The summed E-state index contributed by atoms with van der Waals surface area (Å²) < 4.78 is 1.61. The second kappa shape index (κ2) is 7.71. The largest absolute Gasteiger partial charge is 0.312 e. The monoisotopic (exact) mass is 379 g/mol. The highest BCUT2D eigenvalue weighted by Crippen LogP contribution is 2.23. The average Bonchev–Trinajstić information content (AvgIpc) is 3.36. The molecule has 0 N–H and O–H groups in total. The van der Waals surface area contributed by atoms with Gasteiger partial charge in [0.05, 0.1) is 11.4 Å². The van der Waals surface area contributed by atoms with Crippen molar-refractivity contribution in [3.05, 3.63) is 60.2 Å². The number of para-hydroxylation sites is 1. The Hall–Kier alpha value is -3.00. The Labute approximate surface area is 160 Å². The Kier molecular flexibility index (Phi) is 4.97. The van der Waals surface area contributed by atoms with Crippen molar-refractivity contribution in [3.63, 3.8) is 0 Å². The van der Waals surface area contributed by atoms with Crippen molar-refractivity contribution in [2.45, 2.75) is 18.0 Å². The molecule has 0 atom stereocenters. The molecule has 3 aromatic rings. The van der Waals surface area contributed by atoms with Crippen molar-refractivity contribution < 1.29 is 9.59 Å². The summed E-state index contributed by atoms with van der Waals surface area (Å²) >= 11 is 1.29. The Morgan fingerprint density at radius 1 is 1.04 bits per heavy atom. The average molecular weight is 379 g/mol. The Bertz CT molecular complexity index is 956. The third-order valence-corrected chi connectivity index (χ3v) is 5.27. The number of nitrogens with zero attached hydrogens (tertiary/aromatic N) is 5. The lowest BCUT2D eigenvalue weighted by molar-refractivity contribution is -0.117. The van der Waals surface area contributed by atoms with Crippen molar-refractivity contribution in [2.24, 2.45) is 0 Å². The molecule has 0 unspecified atom stereocenters. The maximum absolute atomic E-state index is 12.5. The molecule has 1 aliphatic rings. The van der Waals surface area contributed by atoms with Crippen LogP contribution in [0, 0.1) is 0 Å².